The quantitative estimate of drug-likeness (QED) is 0.0895. The largest absolute Gasteiger partial charge is 0.573 e. The lowest BCUT2D eigenvalue weighted by atomic mass is 9.89. The molecule has 5 aromatic rings. The normalized spacial score (nSPS) is 16.9. The highest BCUT2D eigenvalue weighted by atomic mass is 19.4. The van der Waals surface area contributed by atoms with Gasteiger partial charge in [-0.3, -0.25) is 24.7 Å². The summed E-state index contributed by atoms with van der Waals surface area (Å²) < 4.78 is 64.3. The summed E-state index contributed by atoms with van der Waals surface area (Å²) in [5, 5.41) is 14.0. The van der Waals surface area contributed by atoms with Crippen molar-refractivity contribution in [2.75, 3.05) is 43.6 Å². The number of halogens is 3. The van der Waals surface area contributed by atoms with Crippen LogP contribution in [0.25, 0.3) is 21.7 Å². The average molecular weight is 720 g/mol. The van der Waals surface area contributed by atoms with Gasteiger partial charge < -0.3 is 39.3 Å². The van der Waals surface area contributed by atoms with Crippen molar-refractivity contribution < 1.29 is 50.9 Å². The van der Waals surface area contributed by atoms with Gasteiger partial charge in [0, 0.05) is 30.0 Å². The maximum absolute atomic E-state index is 12.5. The number of pyridine rings is 1. The van der Waals surface area contributed by atoms with Gasteiger partial charge in [0.15, 0.2) is 6.61 Å². The van der Waals surface area contributed by atoms with E-state index < -0.39 is 18.4 Å². The summed E-state index contributed by atoms with van der Waals surface area (Å²) in [4.78, 5) is 40.7. The molecule has 1 fully saturated rings. The van der Waals surface area contributed by atoms with Crippen LogP contribution in [0.4, 0.5) is 24.5 Å². The number of piperidine rings is 1. The maximum Gasteiger partial charge on any atom is 0.573 e. The third-order valence-corrected chi connectivity index (χ3v) is 8.48. The number of benzene rings is 3. The smallest absolute Gasteiger partial charge is 0.491 e. The second-order valence-electron chi connectivity index (χ2n) is 12.0. The lowest BCUT2D eigenvalue weighted by Crippen LogP contribution is -2.39. The number of hydrogen-bond acceptors (Lipinski definition) is 11. The van der Waals surface area contributed by atoms with Crippen molar-refractivity contribution in [3.8, 4) is 17.2 Å². The molecular weight excluding hydrogens is 687 g/mol. The number of rotatable bonds is 13. The molecule has 7 rings (SSSR count). The zero-order chi connectivity index (χ0) is 36.2. The number of furan rings is 1. The number of anilines is 2. The van der Waals surface area contributed by atoms with Crippen LogP contribution in [0.5, 0.6) is 17.2 Å². The van der Waals surface area contributed by atoms with Crippen molar-refractivity contribution in [3.05, 3.63) is 84.4 Å². The highest BCUT2D eigenvalue weighted by Crippen LogP contribution is 2.39. The third kappa shape index (κ3) is 7.96. The van der Waals surface area contributed by atoms with E-state index in [0.717, 1.165) is 21.7 Å². The van der Waals surface area contributed by atoms with Crippen molar-refractivity contribution in [2.24, 2.45) is 0 Å². The summed E-state index contributed by atoms with van der Waals surface area (Å²) in [6.45, 7) is 0.867. The van der Waals surface area contributed by atoms with E-state index in [0.29, 0.717) is 47.2 Å². The molecule has 52 heavy (non-hydrogen) atoms. The molecule has 0 bridgehead atoms. The summed E-state index contributed by atoms with van der Waals surface area (Å²) in [7, 11) is 0. The molecule has 13 nitrogen and oxygen atoms in total. The molecule has 1 saturated heterocycles. The van der Waals surface area contributed by atoms with E-state index in [1.54, 1.807) is 18.4 Å². The summed E-state index contributed by atoms with van der Waals surface area (Å²) in [5.74, 6) is -0.725. The van der Waals surface area contributed by atoms with Gasteiger partial charge >= 0.3 is 6.36 Å². The molecule has 270 valence electrons. The topological polar surface area (TPSA) is 162 Å². The van der Waals surface area contributed by atoms with Crippen LogP contribution in [0, 0.1) is 0 Å². The van der Waals surface area contributed by atoms with Crippen LogP contribution in [0.15, 0.2) is 77.5 Å². The van der Waals surface area contributed by atoms with Gasteiger partial charge in [-0.1, -0.05) is 6.07 Å². The Labute approximate surface area is 293 Å². The first-order valence-electron chi connectivity index (χ1n) is 16.4. The molecule has 3 aromatic carbocycles. The molecule has 0 spiro atoms. The minimum Gasteiger partial charge on any atom is -0.491 e. The van der Waals surface area contributed by atoms with Gasteiger partial charge in [-0.25, -0.2) is 0 Å². The summed E-state index contributed by atoms with van der Waals surface area (Å²) in [5.41, 5.74) is 3.01. The molecule has 0 aliphatic carbocycles. The summed E-state index contributed by atoms with van der Waals surface area (Å²) >= 11 is 0. The number of hydrogen-bond donors (Lipinski definition) is 4. The Morgan fingerprint density at radius 3 is 2.56 bits per heavy atom. The first-order valence-corrected chi connectivity index (χ1v) is 16.4. The molecule has 4 heterocycles. The zero-order valence-corrected chi connectivity index (χ0v) is 27.4. The number of carbonyl (C=O) groups is 3. The predicted molar refractivity (Wildman–Crippen MR) is 181 cm³/mol. The minimum absolute atomic E-state index is 0.237. The number of imide groups is 1. The Morgan fingerprint density at radius 2 is 1.75 bits per heavy atom. The van der Waals surface area contributed by atoms with E-state index in [9.17, 15) is 27.6 Å². The van der Waals surface area contributed by atoms with Crippen LogP contribution in [0.3, 0.4) is 0 Å². The van der Waals surface area contributed by atoms with Gasteiger partial charge in [-0.2, -0.15) is 0 Å². The molecule has 0 radical (unpaired) electrons. The molecule has 2 atom stereocenters. The Morgan fingerprint density at radius 1 is 0.923 bits per heavy atom. The fraction of sp³-hybridized carbons (Fsp3) is 0.278. The van der Waals surface area contributed by atoms with Crippen molar-refractivity contribution in [1.29, 1.82) is 0 Å². The summed E-state index contributed by atoms with van der Waals surface area (Å²) in [6.07, 6.45) is -1.52. The first-order chi connectivity index (χ1) is 25.1. The first kappa shape index (κ1) is 34.4. The van der Waals surface area contributed by atoms with Gasteiger partial charge in [0.05, 0.1) is 48.7 Å². The number of fused-ring (bicyclic) bond motifs is 4. The van der Waals surface area contributed by atoms with E-state index in [4.69, 9.17) is 18.6 Å². The average Bonchev–Trinajstić information content (AvgIpc) is 3.74. The summed E-state index contributed by atoms with van der Waals surface area (Å²) in [6, 6.07) is 16.7. The van der Waals surface area contributed by atoms with Crippen LogP contribution < -0.4 is 35.5 Å². The Kier molecular flexibility index (Phi) is 9.71. The Balaban J connectivity index is 0.802. The van der Waals surface area contributed by atoms with E-state index in [1.807, 2.05) is 30.3 Å². The molecule has 2 unspecified atom stereocenters. The zero-order valence-electron chi connectivity index (χ0n) is 27.4. The second-order valence-corrected chi connectivity index (χ2v) is 12.0. The Hall–Kier alpha value is -6.03. The number of nitrogens with zero attached hydrogens (tertiary/aromatic N) is 1. The molecule has 2 aliphatic heterocycles. The van der Waals surface area contributed by atoms with Gasteiger partial charge in [0.1, 0.15) is 35.6 Å². The number of amides is 3. The molecular formula is C36H32F3N5O8. The SMILES string of the molecule is O=C(COc1ccc(C2Nc3ccc(OC(F)(F)F)cc3N2)nc1)NCCOCCOc1ccc2c(ccc3occ(C4CCC(=O)NC4=O)c32)c1. The van der Waals surface area contributed by atoms with Crippen LogP contribution >= 0.6 is 0 Å². The highest BCUT2D eigenvalue weighted by Gasteiger charge is 2.33. The van der Waals surface area contributed by atoms with Crippen molar-refractivity contribution in [3.63, 3.8) is 0 Å². The maximum atomic E-state index is 12.5. The van der Waals surface area contributed by atoms with Crippen LogP contribution in [-0.2, 0) is 19.1 Å². The molecule has 2 aromatic heterocycles. The molecule has 2 aliphatic rings. The monoisotopic (exact) mass is 719 g/mol. The molecule has 3 amide bonds. The number of alkyl halides is 3. The third-order valence-electron chi connectivity index (χ3n) is 8.48. The number of carbonyl (C=O) groups excluding carboxylic acids is 3. The van der Waals surface area contributed by atoms with Gasteiger partial charge in [0.25, 0.3) is 5.91 Å². The van der Waals surface area contributed by atoms with Gasteiger partial charge in [-0.05, 0) is 65.7 Å². The molecule has 4 N–H and O–H groups in total. The fourth-order valence-corrected chi connectivity index (χ4v) is 6.10. The van der Waals surface area contributed by atoms with Crippen LogP contribution in [-0.4, -0.2) is 62.0 Å². The van der Waals surface area contributed by atoms with Gasteiger partial charge in [0.2, 0.25) is 11.8 Å². The standard InChI is InChI=1S/C36H32F3N5O8/c37-36(38,39)52-22-3-7-27-29(16-22)43-34(42-27)28-8-4-23(17-41-28)50-19-32(46)40-11-12-48-13-14-49-21-2-5-24-20(15-21)1-9-30-33(24)26(18-51-30)25-6-10-31(45)44-35(25)47/h1-5,7-9,15-18,25,34,42-43H,6,10-14,19H2,(H,40,46)(H,44,45,47). The number of aromatic nitrogens is 1. The van der Waals surface area contributed by atoms with E-state index in [-0.39, 0.29) is 56.3 Å². The van der Waals surface area contributed by atoms with Crippen molar-refractivity contribution in [1.82, 2.24) is 15.6 Å². The van der Waals surface area contributed by atoms with E-state index in [1.165, 1.54) is 24.4 Å². The number of nitrogens with one attached hydrogen (secondary N) is 4. The molecule has 16 heteroatoms. The number of ether oxygens (including phenoxy) is 4. The molecule has 0 saturated carbocycles. The second kappa shape index (κ2) is 14.7. The van der Waals surface area contributed by atoms with E-state index in [2.05, 4.69) is 31.0 Å². The van der Waals surface area contributed by atoms with Crippen molar-refractivity contribution >= 4 is 50.8 Å². The van der Waals surface area contributed by atoms with Crippen LogP contribution in [0.1, 0.15) is 36.2 Å². The minimum atomic E-state index is -4.79. The lowest BCUT2D eigenvalue weighted by molar-refractivity contribution is -0.274. The van der Waals surface area contributed by atoms with Gasteiger partial charge in [-0.15, -0.1) is 13.2 Å². The van der Waals surface area contributed by atoms with Crippen molar-refractivity contribution in [2.45, 2.75) is 31.3 Å². The lowest BCUT2D eigenvalue weighted by Gasteiger charge is -2.20. The fourth-order valence-electron chi connectivity index (χ4n) is 6.10. The van der Waals surface area contributed by atoms with Crippen LogP contribution in [0.2, 0.25) is 0 Å². The Bertz CT molecular complexity index is 2120. The van der Waals surface area contributed by atoms with E-state index >= 15 is 0 Å². The highest BCUT2D eigenvalue weighted by molar-refractivity contribution is 6.10. The predicted octanol–water partition coefficient (Wildman–Crippen LogP) is 5.53.